The van der Waals surface area contributed by atoms with Crippen LogP contribution in [0, 0.1) is 0 Å². The van der Waals surface area contributed by atoms with Gasteiger partial charge in [-0.1, -0.05) is 91.0 Å². The molecule has 7 aromatic rings. The number of nitrogens with zero attached hydrogens (tertiary/aromatic N) is 1. The summed E-state index contributed by atoms with van der Waals surface area (Å²) in [5, 5.41) is 5.31. The van der Waals surface area contributed by atoms with Gasteiger partial charge in [0.25, 0.3) is 0 Å². The van der Waals surface area contributed by atoms with E-state index in [2.05, 4.69) is 132 Å². The lowest BCUT2D eigenvalue weighted by molar-refractivity contribution is 1.18. The maximum Gasteiger partial charge on any atom is 0.0541 e. The molecule has 1 aromatic heterocycles. The zero-order chi connectivity index (χ0) is 23.6. The molecule has 0 N–H and O–H groups in total. The summed E-state index contributed by atoms with van der Waals surface area (Å²) in [5.41, 5.74) is 11.8. The smallest absolute Gasteiger partial charge is 0.0541 e. The molecule has 1 heterocycles. The van der Waals surface area contributed by atoms with Crippen molar-refractivity contribution in [3.63, 3.8) is 0 Å². The van der Waals surface area contributed by atoms with Crippen LogP contribution in [0.5, 0.6) is 0 Å². The summed E-state index contributed by atoms with van der Waals surface area (Å²) in [7, 11) is 0. The Hall–Kier alpha value is -4.62. The Morgan fingerprint density at radius 3 is 2.14 bits per heavy atom. The highest BCUT2D eigenvalue weighted by Crippen LogP contribution is 2.42. The molecule has 0 amide bonds. The number of hydrogen-bond donors (Lipinski definition) is 0. The minimum absolute atomic E-state index is 0.994. The normalized spacial score (nSPS) is 12.3. The highest BCUT2D eigenvalue weighted by Gasteiger charge is 2.19. The molecule has 0 saturated heterocycles. The third-order valence-corrected chi connectivity index (χ3v) is 7.79. The number of para-hydroxylation sites is 2. The van der Waals surface area contributed by atoms with E-state index in [-0.39, 0.29) is 0 Å². The molecule has 0 bridgehead atoms. The van der Waals surface area contributed by atoms with Gasteiger partial charge in [0.15, 0.2) is 0 Å². The van der Waals surface area contributed by atoms with E-state index in [9.17, 15) is 0 Å². The van der Waals surface area contributed by atoms with Gasteiger partial charge in [-0.25, -0.2) is 0 Å². The highest BCUT2D eigenvalue weighted by atomic mass is 15.0. The van der Waals surface area contributed by atoms with Gasteiger partial charge in [0.2, 0.25) is 0 Å². The number of fused-ring (bicyclic) bond motifs is 5. The van der Waals surface area contributed by atoms with Crippen LogP contribution in [-0.2, 0) is 6.42 Å². The molecule has 0 spiro atoms. The van der Waals surface area contributed by atoms with Crippen molar-refractivity contribution in [2.75, 3.05) is 0 Å². The van der Waals surface area contributed by atoms with Crippen molar-refractivity contribution in [3.05, 3.63) is 139 Å². The molecule has 0 saturated carbocycles. The SMILES string of the molecule is c1ccc(-n2c3ccccc3c3cc(-c4ccc5c(c4)-c4cccc6cccc(c46)C5)ccc32)cc1. The summed E-state index contributed by atoms with van der Waals surface area (Å²) in [6, 6.07) is 46.7. The Labute approximate surface area is 209 Å². The zero-order valence-electron chi connectivity index (χ0n) is 19.8. The summed E-state index contributed by atoms with van der Waals surface area (Å²) in [6.07, 6.45) is 0.994. The lowest BCUT2D eigenvalue weighted by Crippen LogP contribution is -2.01. The van der Waals surface area contributed by atoms with Gasteiger partial charge < -0.3 is 4.57 Å². The van der Waals surface area contributed by atoms with E-state index in [1.807, 2.05) is 0 Å². The predicted octanol–water partition coefficient (Wildman–Crippen LogP) is 9.18. The summed E-state index contributed by atoms with van der Waals surface area (Å²) in [4.78, 5) is 0. The first kappa shape index (κ1) is 19.7. The minimum Gasteiger partial charge on any atom is -0.309 e. The van der Waals surface area contributed by atoms with Crippen LogP contribution in [0.25, 0.3) is 60.5 Å². The summed E-state index contributed by atoms with van der Waals surface area (Å²) in [6.45, 7) is 0. The fourth-order valence-electron chi connectivity index (χ4n) is 6.16. The fourth-order valence-corrected chi connectivity index (χ4v) is 6.16. The second kappa shape index (κ2) is 7.44. The Bertz CT molecular complexity index is 1950. The summed E-state index contributed by atoms with van der Waals surface area (Å²) in [5.74, 6) is 0. The van der Waals surface area contributed by atoms with E-state index in [1.54, 1.807) is 0 Å². The predicted molar refractivity (Wildman–Crippen MR) is 152 cm³/mol. The van der Waals surface area contributed by atoms with Crippen molar-refractivity contribution in [2.45, 2.75) is 6.42 Å². The van der Waals surface area contributed by atoms with Gasteiger partial charge >= 0.3 is 0 Å². The van der Waals surface area contributed by atoms with Crippen LogP contribution < -0.4 is 0 Å². The molecular weight excluding hydrogens is 434 g/mol. The van der Waals surface area contributed by atoms with Crippen molar-refractivity contribution >= 4 is 32.6 Å². The van der Waals surface area contributed by atoms with Gasteiger partial charge in [0.05, 0.1) is 11.0 Å². The molecule has 0 radical (unpaired) electrons. The molecule has 8 rings (SSSR count). The third kappa shape index (κ3) is 2.77. The summed E-state index contributed by atoms with van der Waals surface area (Å²) >= 11 is 0. The Balaban J connectivity index is 1.34. The molecule has 1 heteroatoms. The van der Waals surface area contributed by atoms with Gasteiger partial charge in [0, 0.05) is 16.5 Å². The van der Waals surface area contributed by atoms with Crippen LogP contribution in [0.2, 0.25) is 0 Å². The van der Waals surface area contributed by atoms with E-state index < -0.39 is 0 Å². The number of benzene rings is 6. The van der Waals surface area contributed by atoms with Crippen molar-refractivity contribution in [1.29, 1.82) is 0 Å². The van der Waals surface area contributed by atoms with Gasteiger partial charge in [-0.05, 0) is 87.0 Å². The van der Waals surface area contributed by atoms with Crippen LogP contribution in [-0.4, -0.2) is 4.57 Å². The lowest BCUT2D eigenvalue weighted by Gasteiger charge is -2.21. The second-order valence-electron chi connectivity index (χ2n) is 9.79. The molecule has 168 valence electrons. The molecule has 0 fully saturated rings. The van der Waals surface area contributed by atoms with Crippen LogP contribution >= 0.6 is 0 Å². The van der Waals surface area contributed by atoms with Crippen LogP contribution in [0.15, 0.2) is 127 Å². The van der Waals surface area contributed by atoms with E-state index in [0.717, 1.165) is 6.42 Å². The molecule has 1 aliphatic rings. The summed E-state index contributed by atoms with van der Waals surface area (Å²) < 4.78 is 2.37. The van der Waals surface area contributed by atoms with Crippen molar-refractivity contribution in [2.24, 2.45) is 0 Å². The minimum atomic E-state index is 0.994. The van der Waals surface area contributed by atoms with E-state index in [1.165, 1.54) is 71.6 Å². The average Bonchev–Trinajstić information content (AvgIpc) is 3.27. The molecule has 1 aliphatic carbocycles. The largest absolute Gasteiger partial charge is 0.309 e. The third-order valence-electron chi connectivity index (χ3n) is 7.79. The first-order valence-electron chi connectivity index (χ1n) is 12.6. The average molecular weight is 458 g/mol. The molecule has 1 nitrogen and oxygen atoms in total. The first-order chi connectivity index (χ1) is 17.8. The zero-order valence-corrected chi connectivity index (χ0v) is 19.8. The van der Waals surface area contributed by atoms with Crippen molar-refractivity contribution in [3.8, 4) is 27.9 Å². The van der Waals surface area contributed by atoms with Crippen LogP contribution in [0.3, 0.4) is 0 Å². The topological polar surface area (TPSA) is 4.93 Å². The van der Waals surface area contributed by atoms with E-state index in [4.69, 9.17) is 0 Å². The highest BCUT2D eigenvalue weighted by molar-refractivity contribution is 6.10. The van der Waals surface area contributed by atoms with Gasteiger partial charge in [0.1, 0.15) is 0 Å². The van der Waals surface area contributed by atoms with Crippen molar-refractivity contribution in [1.82, 2.24) is 4.57 Å². The Kier molecular flexibility index (Phi) is 4.06. The quantitative estimate of drug-likeness (QED) is 0.244. The van der Waals surface area contributed by atoms with E-state index >= 15 is 0 Å². The molecule has 0 aliphatic heterocycles. The molecular formula is C35H23N. The number of aromatic nitrogens is 1. The van der Waals surface area contributed by atoms with Gasteiger partial charge in [-0.2, -0.15) is 0 Å². The van der Waals surface area contributed by atoms with Crippen LogP contribution in [0.4, 0.5) is 0 Å². The Morgan fingerprint density at radius 1 is 0.472 bits per heavy atom. The number of rotatable bonds is 2. The molecule has 6 aromatic carbocycles. The maximum atomic E-state index is 2.40. The molecule has 0 unspecified atom stereocenters. The molecule has 0 atom stereocenters. The second-order valence-corrected chi connectivity index (χ2v) is 9.79. The number of hydrogen-bond acceptors (Lipinski definition) is 0. The standard InChI is InChI=1S/C35H23N/c1-2-11-28(12-3-1)36-33-15-5-4-13-29(33)32-22-25(18-19-34(32)36)24-16-17-26-20-27-10-6-8-23-9-7-14-30(35(23)27)31(26)21-24/h1-19,21-22H,20H2. The lowest BCUT2D eigenvalue weighted by atomic mass is 9.82. The maximum absolute atomic E-state index is 2.40. The monoisotopic (exact) mass is 457 g/mol. The van der Waals surface area contributed by atoms with Gasteiger partial charge in [-0.3, -0.25) is 0 Å². The van der Waals surface area contributed by atoms with Crippen molar-refractivity contribution < 1.29 is 0 Å². The molecule has 36 heavy (non-hydrogen) atoms. The van der Waals surface area contributed by atoms with E-state index in [0.29, 0.717) is 0 Å². The first-order valence-corrected chi connectivity index (χ1v) is 12.6. The Morgan fingerprint density at radius 2 is 1.22 bits per heavy atom. The fraction of sp³-hybridized carbons (Fsp3) is 0.0286. The van der Waals surface area contributed by atoms with Gasteiger partial charge in [-0.15, -0.1) is 0 Å². The van der Waals surface area contributed by atoms with Crippen LogP contribution in [0.1, 0.15) is 11.1 Å².